The average Bonchev–Trinajstić information content (AvgIpc) is 2.42. The Morgan fingerprint density at radius 2 is 2.21 bits per heavy atom. The summed E-state index contributed by atoms with van der Waals surface area (Å²) >= 11 is 5.31. The third-order valence-corrected chi connectivity index (χ3v) is 2.57. The molecule has 1 N–H and O–H groups in total. The van der Waals surface area contributed by atoms with Gasteiger partial charge in [-0.3, -0.25) is 0 Å². The van der Waals surface area contributed by atoms with Crippen molar-refractivity contribution in [3.8, 4) is 0 Å². The van der Waals surface area contributed by atoms with Crippen LogP contribution in [0.4, 0.5) is 0 Å². The third-order valence-electron chi connectivity index (χ3n) is 2.17. The minimum absolute atomic E-state index is 0.635. The second-order valence-corrected chi connectivity index (χ2v) is 4.42. The lowest BCUT2D eigenvalue weighted by atomic mass is 10.2. The van der Waals surface area contributed by atoms with E-state index in [-0.39, 0.29) is 0 Å². The smallest absolute Gasteiger partial charge is 0.169 e. The summed E-state index contributed by atoms with van der Waals surface area (Å²) in [5, 5.41) is 4.16. The number of hydrogen-bond acceptors (Lipinski definition) is 2. The van der Waals surface area contributed by atoms with E-state index in [1.54, 1.807) is 0 Å². The molecule has 82 valence electrons. The second kappa shape index (κ2) is 6.19. The molecule has 1 saturated heterocycles. The molecule has 0 aromatic rings. The van der Waals surface area contributed by atoms with Gasteiger partial charge < -0.3 is 15.0 Å². The van der Waals surface area contributed by atoms with Gasteiger partial charge in [0.25, 0.3) is 0 Å². The molecule has 4 heteroatoms. The van der Waals surface area contributed by atoms with E-state index in [2.05, 4.69) is 24.1 Å². The Morgan fingerprint density at radius 3 is 2.93 bits per heavy atom. The fraction of sp³-hybridized carbons (Fsp3) is 0.900. The first-order valence-electron chi connectivity index (χ1n) is 5.30. The fourth-order valence-corrected chi connectivity index (χ4v) is 1.62. The fourth-order valence-electron chi connectivity index (χ4n) is 1.35. The first-order valence-corrected chi connectivity index (χ1v) is 5.71. The highest BCUT2D eigenvalue weighted by molar-refractivity contribution is 7.80. The molecular weight excluding hydrogens is 196 g/mol. The van der Waals surface area contributed by atoms with E-state index < -0.39 is 0 Å². The maximum Gasteiger partial charge on any atom is 0.169 e. The zero-order valence-corrected chi connectivity index (χ0v) is 9.90. The molecule has 0 aliphatic carbocycles. The molecule has 0 amide bonds. The summed E-state index contributed by atoms with van der Waals surface area (Å²) in [5.41, 5.74) is 0. The maximum atomic E-state index is 5.37. The summed E-state index contributed by atoms with van der Waals surface area (Å²) < 4.78 is 5.37. The van der Waals surface area contributed by atoms with E-state index in [0.717, 1.165) is 44.4 Å². The van der Waals surface area contributed by atoms with Gasteiger partial charge >= 0.3 is 0 Å². The predicted molar refractivity (Wildman–Crippen MR) is 62.4 cm³/mol. The molecule has 0 radical (unpaired) electrons. The zero-order valence-electron chi connectivity index (χ0n) is 9.08. The normalized spacial score (nSPS) is 18.1. The number of rotatable bonds is 2. The van der Waals surface area contributed by atoms with Crippen molar-refractivity contribution in [2.24, 2.45) is 5.92 Å². The monoisotopic (exact) mass is 216 g/mol. The molecule has 1 fully saturated rings. The van der Waals surface area contributed by atoms with Gasteiger partial charge in [-0.2, -0.15) is 0 Å². The van der Waals surface area contributed by atoms with E-state index >= 15 is 0 Å². The van der Waals surface area contributed by atoms with E-state index in [1.807, 2.05) is 0 Å². The molecule has 14 heavy (non-hydrogen) atoms. The topological polar surface area (TPSA) is 24.5 Å². The van der Waals surface area contributed by atoms with Crippen molar-refractivity contribution >= 4 is 17.3 Å². The van der Waals surface area contributed by atoms with Crippen molar-refractivity contribution in [1.82, 2.24) is 10.2 Å². The second-order valence-electron chi connectivity index (χ2n) is 4.03. The SMILES string of the molecule is CC(C)CNC(=S)N1CCCOCC1. The molecule has 0 saturated carbocycles. The van der Waals surface area contributed by atoms with Crippen LogP contribution in [-0.4, -0.2) is 42.9 Å². The summed E-state index contributed by atoms with van der Waals surface area (Å²) in [7, 11) is 0. The van der Waals surface area contributed by atoms with Crippen LogP contribution in [0.1, 0.15) is 20.3 Å². The molecule has 0 aromatic heterocycles. The number of hydrogen-bond donors (Lipinski definition) is 1. The lowest BCUT2D eigenvalue weighted by molar-refractivity contribution is 0.147. The largest absolute Gasteiger partial charge is 0.380 e. The lowest BCUT2D eigenvalue weighted by Crippen LogP contribution is -2.42. The van der Waals surface area contributed by atoms with Crippen LogP contribution in [0.5, 0.6) is 0 Å². The molecule has 0 atom stereocenters. The molecule has 3 nitrogen and oxygen atoms in total. The highest BCUT2D eigenvalue weighted by Crippen LogP contribution is 2.00. The number of thiocarbonyl (C=S) groups is 1. The molecule has 0 unspecified atom stereocenters. The van der Waals surface area contributed by atoms with Crippen LogP contribution in [0.15, 0.2) is 0 Å². The van der Waals surface area contributed by atoms with Crippen molar-refractivity contribution in [2.45, 2.75) is 20.3 Å². The molecule has 1 rings (SSSR count). The Morgan fingerprint density at radius 1 is 1.43 bits per heavy atom. The number of nitrogens with one attached hydrogen (secondary N) is 1. The van der Waals surface area contributed by atoms with Gasteiger partial charge in [0, 0.05) is 26.2 Å². The highest BCUT2D eigenvalue weighted by Gasteiger charge is 2.11. The van der Waals surface area contributed by atoms with E-state index in [4.69, 9.17) is 17.0 Å². The van der Waals surface area contributed by atoms with Gasteiger partial charge in [0.15, 0.2) is 5.11 Å². The number of nitrogens with zero attached hydrogens (tertiary/aromatic N) is 1. The number of ether oxygens (including phenoxy) is 1. The average molecular weight is 216 g/mol. The van der Waals surface area contributed by atoms with Gasteiger partial charge in [0.2, 0.25) is 0 Å². The summed E-state index contributed by atoms with van der Waals surface area (Å²) in [5.74, 6) is 0.635. The maximum absolute atomic E-state index is 5.37. The first-order chi connectivity index (χ1) is 6.70. The van der Waals surface area contributed by atoms with Gasteiger partial charge in [-0.05, 0) is 24.6 Å². The Bertz CT molecular complexity index is 177. The van der Waals surface area contributed by atoms with Crippen molar-refractivity contribution in [2.75, 3.05) is 32.8 Å². The van der Waals surface area contributed by atoms with Crippen LogP contribution in [0, 0.1) is 5.92 Å². The lowest BCUT2D eigenvalue weighted by Gasteiger charge is -2.23. The standard InChI is InChI=1S/C10H20N2OS/c1-9(2)8-11-10(14)12-4-3-6-13-7-5-12/h9H,3-8H2,1-2H3,(H,11,14). The van der Waals surface area contributed by atoms with Crippen LogP contribution < -0.4 is 5.32 Å². The van der Waals surface area contributed by atoms with E-state index in [9.17, 15) is 0 Å². The summed E-state index contributed by atoms with van der Waals surface area (Å²) in [6.45, 7) is 8.92. The van der Waals surface area contributed by atoms with Crippen LogP contribution in [0.3, 0.4) is 0 Å². The molecule has 0 bridgehead atoms. The van der Waals surface area contributed by atoms with E-state index in [0.29, 0.717) is 5.92 Å². The van der Waals surface area contributed by atoms with Crippen molar-refractivity contribution in [3.63, 3.8) is 0 Å². The zero-order chi connectivity index (χ0) is 10.4. The Kier molecular flexibility index (Phi) is 5.19. The molecule has 1 aliphatic rings. The highest BCUT2D eigenvalue weighted by atomic mass is 32.1. The van der Waals surface area contributed by atoms with Gasteiger partial charge in [-0.15, -0.1) is 0 Å². The molecule has 1 heterocycles. The summed E-state index contributed by atoms with van der Waals surface area (Å²) in [6.07, 6.45) is 1.07. The summed E-state index contributed by atoms with van der Waals surface area (Å²) in [6, 6.07) is 0. The Hall–Kier alpha value is -0.350. The molecular formula is C10H20N2OS. The Labute approximate surface area is 91.8 Å². The van der Waals surface area contributed by atoms with Gasteiger partial charge in [-0.25, -0.2) is 0 Å². The molecule has 0 spiro atoms. The van der Waals surface area contributed by atoms with Gasteiger partial charge in [0.05, 0.1) is 6.61 Å². The first kappa shape index (κ1) is 11.7. The van der Waals surface area contributed by atoms with Crippen molar-refractivity contribution < 1.29 is 4.74 Å². The van der Waals surface area contributed by atoms with E-state index in [1.165, 1.54) is 0 Å². The van der Waals surface area contributed by atoms with Crippen LogP contribution in [0.2, 0.25) is 0 Å². The minimum Gasteiger partial charge on any atom is -0.380 e. The van der Waals surface area contributed by atoms with Crippen molar-refractivity contribution in [3.05, 3.63) is 0 Å². The van der Waals surface area contributed by atoms with Crippen LogP contribution in [-0.2, 0) is 4.74 Å². The predicted octanol–water partition coefficient (Wildman–Crippen LogP) is 1.24. The van der Waals surface area contributed by atoms with Crippen LogP contribution in [0.25, 0.3) is 0 Å². The van der Waals surface area contributed by atoms with Gasteiger partial charge in [0.1, 0.15) is 0 Å². The molecule has 0 aromatic carbocycles. The quantitative estimate of drug-likeness (QED) is 0.702. The Balaban J connectivity index is 2.27. The summed E-state index contributed by atoms with van der Waals surface area (Å²) in [4.78, 5) is 2.20. The third kappa shape index (κ3) is 4.24. The minimum atomic E-state index is 0.635. The van der Waals surface area contributed by atoms with Crippen molar-refractivity contribution in [1.29, 1.82) is 0 Å². The van der Waals surface area contributed by atoms with Crippen LogP contribution >= 0.6 is 12.2 Å². The molecule has 1 aliphatic heterocycles. The van der Waals surface area contributed by atoms with Gasteiger partial charge in [-0.1, -0.05) is 13.8 Å².